The maximum Gasteiger partial charge on any atom is 0.290 e. The van der Waals surface area contributed by atoms with Crippen molar-refractivity contribution >= 4 is 29.1 Å². The third kappa shape index (κ3) is 4.05. The number of aromatic amines is 1. The normalized spacial score (nSPS) is 26.4. The summed E-state index contributed by atoms with van der Waals surface area (Å²) in [5.74, 6) is 1.39. The Kier molecular flexibility index (Phi) is 5.98. The van der Waals surface area contributed by atoms with Gasteiger partial charge in [0.25, 0.3) is 6.47 Å². The molecule has 2 bridgehead atoms. The van der Waals surface area contributed by atoms with Gasteiger partial charge in [-0.1, -0.05) is 30.3 Å². The van der Waals surface area contributed by atoms with Gasteiger partial charge in [0.1, 0.15) is 0 Å². The zero-order chi connectivity index (χ0) is 22.8. The van der Waals surface area contributed by atoms with Gasteiger partial charge in [-0.2, -0.15) is 5.10 Å². The fourth-order valence-electron chi connectivity index (χ4n) is 6.20. The summed E-state index contributed by atoms with van der Waals surface area (Å²) in [6, 6.07) is 13.5. The number of piperidine rings is 3. The molecule has 0 radical (unpaired) electrons. The molecule has 0 unspecified atom stereocenters. The number of rotatable bonds is 3. The predicted octanol–water partition coefficient (Wildman–Crippen LogP) is 3.11. The molecular weight excluding hydrogens is 418 g/mol. The molecule has 0 spiro atoms. The highest BCUT2D eigenvalue weighted by molar-refractivity contribution is 5.88. The van der Waals surface area contributed by atoms with Crippen molar-refractivity contribution in [3.05, 3.63) is 54.4 Å². The van der Waals surface area contributed by atoms with E-state index in [1.54, 1.807) is 0 Å². The first kappa shape index (κ1) is 21.4. The Morgan fingerprint density at radius 1 is 1.15 bits per heavy atom. The van der Waals surface area contributed by atoms with Crippen molar-refractivity contribution in [1.82, 2.24) is 20.1 Å². The quantitative estimate of drug-likeness (QED) is 0.598. The number of fused-ring (bicyclic) bond motifs is 5. The van der Waals surface area contributed by atoms with E-state index < -0.39 is 0 Å². The van der Waals surface area contributed by atoms with Crippen LogP contribution in [0.1, 0.15) is 31.2 Å². The molecule has 8 heteroatoms. The fraction of sp³-hybridized carbons (Fsp3) is 0.440. The first-order valence-corrected chi connectivity index (χ1v) is 11.7. The average molecular weight is 448 g/mol. The van der Waals surface area contributed by atoms with E-state index in [-0.39, 0.29) is 12.5 Å². The molecule has 172 valence electrons. The number of carbonyl (C=O) groups is 2. The number of nitrogens with zero attached hydrogens (tertiary/aromatic N) is 4. The fourth-order valence-corrected chi connectivity index (χ4v) is 6.20. The molecule has 3 aliphatic heterocycles. The molecule has 2 N–H and O–H groups in total. The maximum absolute atomic E-state index is 13.0. The smallest absolute Gasteiger partial charge is 0.290 e. The van der Waals surface area contributed by atoms with E-state index in [9.17, 15) is 4.79 Å². The summed E-state index contributed by atoms with van der Waals surface area (Å²) in [5.41, 5.74) is 3.40. The highest BCUT2D eigenvalue weighted by Crippen LogP contribution is 2.44. The van der Waals surface area contributed by atoms with E-state index in [0.717, 1.165) is 43.4 Å². The molecule has 6 rings (SSSR count). The monoisotopic (exact) mass is 447 g/mol. The molecule has 3 saturated heterocycles. The Morgan fingerprint density at radius 3 is 2.76 bits per heavy atom. The Hall–Kier alpha value is -3.42. The molecule has 0 saturated carbocycles. The molecule has 3 aliphatic rings. The van der Waals surface area contributed by atoms with Crippen molar-refractivity contribution < 1.29 is 14.7 Å². The van der Waals surface area contributed by atoms with Gasteiger partial charge < -0.3 is 14.9 Å². The number of aromatic nitrogens is 3. The average Bonchev–Trinajstić information content (AvgIpc) is 3.32. The van der Waals surface area contributed by atoms with E-state index >= 15 is 0 Å². The van der Waals surface area contributed by atoms with Gasteiger partial charge in [-0.05, 0) is 49.1 Å². The zero-order valence-corrected chi connectivity index (χ0v) is 18.5. The number of hydrogen-bond acceptors (Lipinski definition) is 5. The second kappa shape index (κ2) is 9.21. The lowest BCUT2D eigenvalue weighted by molar-refractivity contribution is -0.148. The van der Waals surface area contributed by atoms with Crippen LogP contribution in [0, 0.1) is 11.8 Å². The standard InChI is InChI=1S/C24H27N5O.CH2O2/c30-23-8-4-7-20-17-12-18(22(29(20)23)11-16-5-2-1-3-6-16)15-28(14-17)21-9-10-25-24-19(21)13-26-27-24;2-1-3/h1-3,5-6,9-10,13,17-18,20,22H,4,7-8,11-12,14-15H2,(H,25,26,27);1H,(H,2,3)/t17-,18+,20+,22+;/m1./s1. The molecule has 33 heavy (non-hydrogen) atoms. The summed E-state index contributed by atoms with van der Waals surface area (Å²) in [4.78, 5) is 30.7. The maximum atomic E-state index is 13.0. The molecule has 1 amide bonds. The zero-order valence-electron chi connectivity index (χ0n) is 18.5. The van der Waals surface area contributed by atoms with Crippen LogP contribution in [0.2, 0.25) is 0 Å². The number of carbonyl (C=O) groups excluding carboxylic acids is 1. The molecule has 3 fully saturated rings. The molecule has 0 aliphatic carbocycles. The lowest BCUT2D eigenvalue weighted by Gasteiger charge is -2.57. The number of benzene rings is 1. The Balaban J connectivity index is 0.000000724. The number of anilines is 1. The second-order valence-corrected chi connectivity index (χ2v) is 9.25. The van der Waals surface area contributed by atoms with E-state index in [1.807, 2.05) is 12.4 Å². The molecule has 3 aromatic rings. The summed E-state index contributed by atoms with van der Waals surface area (Å²) in [6.45, 7) is 1.74. The third-order valence-electron chi connectivity index (χ3n) is 7.46. The van der Waals surface area contributed by atoms with Gasteiger partial charge in [0.2, 0.25) is 5.91 Å². The van der Waals surface area contributed by atoms with Crippen LogP contribution in [0.25, 0.3) is 11.0 Å². The molecule has 5 heterocycles. The van der Waals surface area contributed by atoms with Gasteiger partial charge in [-0.3, -0.25) is 14.7 Å². The molecule has 2 aromatic heterocycles. The number of pyridine rings is 1. The molecule has 4 atom stereocenters. The molecule has 8 nitrogen and oxygen atoms in total. The topological polar surface area (TPSA) is 102 Å². The van der Waals surface area contributed by atoms with Crippen LogP contribution < -0.4 is 4.90 Å². The number of hydrogen-bond donors (Lipinski definition) is 2. The van der Waals surface area contributed by atoms with Crippen molar-refractivity contribution in [3.63, 3.8) is 0 Å². The highest BCUT2D eigenvalue weighted by atomic mass is 16.3. The van der Waals surface area contributed by atoms with Crippen LogP contribution in [0.4, 0.5) is 5.69 Å². The van der Waals surface area contributed by atoms with Crippen LogP contribution in [-0.4, -0.2) is 62.7 Å². The van der Waals surface area contributed by atoms with Crippen molar-refractivity contribution in [2.24, 2.45) is 11.8 Å². The van der Waals surface area contributed by atoms with Gasteiger partial charge in [0.15, 0.2) is 5.65 Å². The van der Waals surface area contributed by atoms with Gasteiger partial charge in [0, 0.05) is 37.8 Å². The Bertz CT molecular complexity index is 1120. The largest absolute Gasteiger partial charge is 0.483 e. The van der Waals surface area contributed by atoms with Crippen LogP contribution in [0.15, 0.2) is 48.8 Å². The van der Waals surface area contributed by atoms with E-state index in [1.165, 1.54) is 17.7 Å². The van der Waals surface area contributed by atoms with Crippen LogP contribution >= 0.6 is 0 Å². The second-order valence-electron chi connectivity index (χ2n) is 9.25. The Morgan fingerprint density at radius 2 is 1.94 bits per heavy atom. The van der Waals surface area contributed by atoms with Crippen molar-refractivity contribution in [2.75, 3.05) is 18.0 Å². The number of nitrogens with one attached hydrogen (secondary N) is 1. The van der Waals surface area contributed by atoms with E-state index in [0.29, 0.717) is 30.2 Å². The van der Waals surface area contributed by atoms with Crippen molar-refractivity contribution in [2.45, 2.75) is 44.2 Å². The summed E-state index contributed by atoms with van der Waals surface area (Å²) < 4.78 is 0. The van der Waals surface area contributed by atoms with E-state index in [4.69, 9.17) is 9.90 Å². The summed E-state index contributed by atoms with van der Waals surface area (Å²) in [7, 11) is 0. The van der Waals surface area contributed by atoms with Gasteiger partial charge in [0.05, 0.1) is 17.3 Å². The van der Waals surface area contributed by atoms with Crippen LogP contribution in [-0.2, 0) is 16.0 Å². The van der Waals surface area contributed by atoms with Gasteiger partial charge >= 0.3 is 0 Å². The number of carboxylic acid groups (broad SMARTS) is 1. The van der Waals surface area contributed by atoms with Crippen molar-refractivity contribution in [1.29, 1.82) is 0 Å². The minimum absolute atomic E-state index is 0.250. The lowest BCUT2D eigenvalue weighted by atomic mass is 9.70. The minimum Gasteiger partial charge on any atom is -0.483 e. The molecular formula is C25H29N5O3. The van der Waals surface area contributed by atoms with Gasteiger partial charge in [-0.15, -0.1) is 0 Å². The first-order valence-electron chi connectivity index (χ1n) is 11.7. The van der Waals surface area contributed by atoms with Crippen molar-refractivity contribution in [3.8, 4) is 0 Å². The minimum atomic E-state index is -0.250. The molecule has 1 aromatic carbocycles. The number of amides is 1. The van der Waals surface area contributed by atoms with E-state index in [2.05, 4.69) is 61.4 Å². The van der Waals surface area contributed by atoms with Crippen LogP contribution in [0.5, 0.6) is 0 Å². The first-order chi connectivity index (χ1) is 16.2. The summed E-state index contributed by atoms with van der Waals surface area (Å²) in [6.07, 6.45) is 8.82. The highest BCUT2D eigenvalue weighted by Gasteiger charge is 2.49. The number of H-pyrrole nitrogens is 1. The Labute approximate surface area is 192 Å². The third-order valence-corrected chi connectivity index (χ3v) is 7.46. The lowest BCUT2D eigenvalue weighted by Crippen LogP contribution is -2.65. The van der Waals surface area contributed by atoms with Crippen LogP contribution in [0.3, 0.4) is 0 Å². The SMILES string of the molecule is O=C1CCC[C@H]2[C@@H]3C[C@@H](CN(c4ccnc5[nH]ncc45)C3)[C@H](Cc3ccccc3)N12.O=CO. The van der Waals surface area contributed by atoms with Gasteiger partial charge in [-0.25, -0.2) is 4.98 Å². The predicted molar refractivity (Wildman–Crippen MR) is 125 cm³/mol. The summed E-state index contributed by atoms with van der Waals surface area (Å²) >= 11 is 0. The summed E-state index contributed by atoms with van der Waals surface area (Å²) in [5, 5.41) is 15.2.